The van der Waals surface area contributed by atoms with Gasteiger partial charge >= 0.3 is 0 Å². The summed E-state index contributed by atoms with van der Waals surface area (Å²) in [6, 6.07) is 2.53. The van der Waals surface area contributed by atoms with Gasteiger partial charge in [-0.3, -0.25) is 4.90 Å². The fourth-order valence-electron chi connectivity index (χ4n) is 2.79. The van der Waals surface area contributed by atoms with Crippen molar-refractivity contribution >= 4 is 0 Å². The lowest BCUT2D eigenvalue weighted by Crippen LogP contribution is -2.47. The standard InChI is InChI=1S/C15H22F2N2O2/c1-10-8-11(20-2)13(12(9-10)21-3)14(15(16)17)19-6-4-18-5-7-19/h8-9,14-15,18H,4-7H2,1-3H3/t14-/m1/s1. The highest BCUT2D eigenvalue weighted by Crippen LogP contribution is 2.41. The molecule has 0 amide bonds. The molecule has 2 rings (SSSR count). The molecule has 1 N–H and O–H groups in total. The number of nitrogens with one attached hydrogen (secondary N) is 1. The van der Waals surface area contributed by atoms with E-state index < -0.39 is 12.5 Å². The second-order valence-corrected chi connectivity index (χ2v) is 5.15. The van der Waals surface area contributed by atoms with Crippen LogP contribution in [0.25, 0.3) is 0 Å². The van der Waals surface area contributed by atoms with Crippen LogP contribution in [0.15, 0.2) is 12.1 Å². The highest BCUT2D eigenvalue weighted by molar-refractivity contribution is 5.50. The molecule has 1 aromatic carbocycles. The van der Waals surface area contributed by atoms with Crippen LogP contribution in [0.3, 0.4) is 0 Å². The molecular formula is C15H22F2N2O2. The summed E-state index contributed by atoms with van der Waals surface area (Å²) in [7, 11) is 3.00. The van der Waals surface area contributed by atoms with Crippen molar-refractivity contribution in [3.05, 3.63) is 23.3 Å². The number of hydrogen-bond acceptors (Lipinski definition) is 4. The van der Waals surface area contributed by atoms with Gasteiger partial charge in [0.25, 0.3) is 6.43 Å². The quantitative estimate of drug-likeness (QED) is 0.904. The first-order chi connectivity index (χ1) is 10.1. The van der Waals surface area contributed by atoms with Crippen LogP contribution in [0.2, 0.25) is 0 Å². The predicted octanol–water partition coefficient (Wildman–Crippen LogP) is 2.22. The Balaban J connectivity index is 2.48. The van der Waals surface area contributed by atoms with Gasteiger partial charge in [-0.1, -0.05) is 0 Å². The van der Waals surface area contributed by atoms with Crippen molar-refractivity contribution in [2.45, 2.75) is 19.4 Å². The van der Waals surface area contributed by atoms with Crippen molar-refractivity contribution in [2.24, 2.45) is 0 Å². The molecule has 21 heavy (non-hydrogen) atoms. The monoisotopic (exact) mass is 300 g/mol. The van der Waals surface area contributed by atoms with Crippen LogP contribution < -0.4 is 14.8 Å². The summed E-state index contributed by atoms with van der Waals surface area (Å²) in [4.78, 5) is 1.79. The first-order valence-corrected chi connectivity index (χ1v) is 7.04. The minimum Gasteiger partial charge on any atom is -0.496 e. The molecule has 0 unspecified atom stereocenters. The fraction of sp³-hybridized carbons (Fsp3) is 0.600. The highest BCUT2D eigenvalue weighted by atomic mass is 19.3. The van der Waals surface area contributed by atoms with Gasteiger partial charge in [0.1, 0.15) is 17.5 Å². The molecule has 0 radical (unpaired) electrons. The van der Waals surface area contributed by atoms with Crippen molar-refractivity contribution in [2.75, 3.05) is 40.4 Å². The molecule has 0 spiro atoms. The number of alkyl halides is 2. The molecule has 4 nitrogen and oxygen atoms in total. The Morgan fingerprint density at radius 2 is 1.62 bits per heavy atom. The molecule has 118 valence electrons. The first kappa shape index (κ1) is 16.0. The number of benzene rings is 1. The summed E-state index contributed by atoms with van der Waals surface area (Å²) in [5.74, 6) is 0.909. The zero-order valence-corrected chi connectivity index (χ0v) is 12.7. The number of methoxy groups -OCH3 is 2. The molecule has 1 fully saturated rings. The van der Waals surface area contributed by atoms with E-state index in [9.17, 15) is 8.78 Å². The zero-order chi connectivity index (χ0) is 15.4. The van der Waals surface area contributed by atoms with E-state index in [1.54, 1.807) is 17.0 Å². The largest absolute Gasteiger partial charge is 0.496 e. The minimum atomic E-state index is -2.51. The summed E-state index contributed by atoms with van der Waals surface area (Å²) in [6.07, 6.45) is -2.51. The van der Waals surface area contributed by atoms with Gasteiger partial charge in [-0.05, 0) is 24.6 Å². The summed E-state index contributed by atoms with van der Waals surface area (Å²) < 4.78 is 38.1. The maximum absolute atomic E-state index is 13.7. The molecule has 6 heteroatoms. The molecule has 0 bridgehead atoms. The van der Waals surface area contributed by atoms with Crippen LogP contribution in [0.4, 0.5) is 8.78 Å². The lowest BCUT2D eigenvalue weighted by molar-refractivity contribution is 0.0158. The normalized spacial score (nSPS) is 17.8. The smallest absolute Gasteiger partial charge is 0.258 e. The molecule has 0 saturated carbocycles. The second kappa shape index (κ2) is 7.04. The number of aryl methyl sites for hydroxylation is 1. The number of ether oxygens (including phenoxy) is 2. The lowest BCUT2D eigenvalue weighted by atomic mass is 10.00. The van der Waals surface area contributed by atoms with E-state index in [4.69, 9.17) is 9.47 Å². The average molecular weight is 300 g/mol. The van der Waals surface area contributed by atoms with Crippen LogP contribution in [-0.4, -0.2) is 51.7 Å². The van der Waals surface area contributed by atoms with Gasteiger partial charge in [0.05, 0.1) is 19.8 Å². The molecule has 1 aliphatic rings. The summed E-state index contributed by atoms with van der Waals surface area (Å²) in [5, 5.41) is 3.18. The maximum atomic E-state index is 13.7. The van der Waals surface area contributed by atoms with Gasteiger partial charge in [0.2, 0.25) is 0 Å². The highest BCUT2D eigenvalue weighted by Gasteiger charge is 2.35. The van der Waals surface area contributed by atoms with E-state index >= 15 is 0 Å². The molecule has 1 aromatic rings. The minimum absolute atomic E-state index is 0.433. The van der Waals surface area contributed by atoms with Gasteiger partial charge in [-0.2, -0.15) is 0 Å². The summed E-state index contributed by atoms with van der Waals surface area (Å²) >= 11 is 0. The Morgan fingerprint density at radius 3 is 2.05 bits per heavy atom. The Morgan fingerprint density at radius 1 is 1.10 bits per heavy atom. The average Bonchev–Trinajstić information content (AvgIpc) is 2.49. The number of nitrogens with zero attached hydrogens (tertiary/aromatic N) is 1. The number of piperazine rings is 1. The fourth-order valence-corrected chi connectivity index (χ4v) is 2.79. The third-order valence-corrected chi connectivity index (χ3v) is 3.77. The number of hydrogen-bond donors (Lipinski definition) is 1. The van der Waals surface area contributed by atoms with Crippen molar-refractivity contribution in [1.82, 2.24) is 10.2 Å². The van der Waals surface area contributed by atoms with Gasteiger partial charge in [-0.25, -0.2) is 8.78 Å². The van der Waals surface area contributed by atoms with Crippen LogP contribution in [0.5, 0.6) is 11.5 Å². The van der Waals surface area contributed by atoms with Gasteiger partial charge in [0.15, 0.2) is 0 Å². The van der Waals surface area contributed by atoms with Crippen LogP contribution in [0, 0.1) is 6.92 Å². The molecule has 1 aliphatic heterocycles. The molecular weight excluding hydrogens is 278 g/mol. The SMILES string of the molecule is COc1cc(C)cc(OC)c1[C@H](C(F)F)N1CCNCC1. The number of halogens is 2. The van der Waals surface area contributed by atoms with Crippen LogP contribution >= 0.6 is 0 Å². The van der Waals surface area contributed by atoms with E-state index in [1.807, 2.05) is 6.92 Å². The third-order valence-electron chi connectivity index (χ3n) is 3.77. The molecule has 0 aliphatic carbocycles. The van der Waals surface area contributed by atoms with E-state index in [0.29, 0.717) is 43.2 Å². The summed E-state index contributed by atoms with van der Waals surface area (Å²) in [6.45, 7) is 4.46. The number of rotatable bonds is 5. The zero-order valence-electron chi connectivity index (χ0n) is 12.7. The van der Waals surface area contributed by atoms with Crippen LogP contribution in [0.1, 0.15) is 17.2 Å². The summed E-state index contributed by atoms with van der Waals surface area (Å²) in [5.41, 5.74) is 1.35. The molecule has 1 heterocycles. The van der Waals surface area contributed by atoms with Gasteiger partial charge < -0.3 is 14.8 Å². The Labute approximate surface area is 124 Å². The third kappa shape index (κ3) is 3.44. The Kier molecular flexibility index (Phi) is 5.36. The Hall–Kier alpha value is -1.40. The van der Waals surface area contributed by atoms with Crippen LogP contribution in [-0.2, 0) is 0 Å². The predicted molar refractivity (Wildman–Crippen MR) is 77.5 cm³/mol. The van der Waals surface area contributed by atoms with E-state index in [-0.39, 0.29) is 0 Å². The van der Waals surface area contributed by atoms with Gasteiger partial charge in [0, 0.05) is 26.2 Å². The second-order valence-electron chi connectivity index (χ2n) is 5.15. The molecule has 0 aromatic heterocycles. The first-order valence-electron chi connectivity index (χ1n) is 7.04. The van der Waals surface area contributed by atoms with E-state index in [1.165, 1.54) is 14.2 Å². The van der Waals surface area contributed by atoms with Crippen molar-refractivity contribution < 1.29 is 18.3 Å². The van der Waals surface area contributed by atoms with E-state index in [0.717, 1.165) is 5.56 Å². The Bertz CT molecular complexity index is 452. The maximum Gasteiger partial charge on any atom is 0.258 e. The van der Waals surface area contributed by atoms with Gasteiger partial charge in [-0.15, -0.1) is 0 Å². The lowest BCUT2D eigenvalue weighted by Gasteiger charge is -2.35. The van der Waals surface area contributed by atoms with Crippen molar-refractivity contribution in [3.8, 4) is 11.5 Å². The van der Waals surface area contributed by atoms with E-state index in [2.05, 4.69) is 5.32 Å². The molecule has 1 atom stereocenters. The molecule has 1 saturated heterocycles. The topological polar surface area (TPSA) is 33.7 Å². The van der Waals surface area contributed by atoms with Crippen molar-refractivity contribution in [3.63, 3.8) is 0 Å². The van der Waals surface area contributed by atoms with Crippen molar-refractivity contribution in [1.29, 1.82) is 0 Å².